The summed E-state index contributed by atoms with van der Waals surface area (Å²) in [5, 5.41) is 2.44. The Morgan fingerprint density at radius 3 is 2.55 bits per heavy atom. The van der Waals surface area contributed by atoms with Gasteiger partial charge in [-0.05, 0) is 51.1 Å². The van der Waals surface area contributed by atoms with E-state index in [9.17, 15) is 4.21 Å². The van der Waals surface area contributed by atoms with Gasteiger partial charge in [0.05, 0.1) is 15.7 Å². The largest absolute Gasteiger partial charge is 0.261 e. The van der Waals surface area contributed by atoms with E-state index in [4.69, 9.17) is 11.6 Å². The molecule has 120 valence electrons. The zero-order valence-electron chi connectivity index (χ0n) is 13.6. The molecule has 0 aromatic carbocycles. The van der Waals surface area contributed by atoms with Crippen molar-refractivity contribution in [3.8, 4) is 0 Å². The van der Waals surface area contributed by atoms with Crippen molar-refractivity contribution in [1.82, 2.24) is 14.7 Å². The lowest BCUT2D eigenvalue weighted by molar-refractivity contribution is 0.590. The first-order valence-corrected chi connectivity index (χ1v) is 8.85. The number of hydrogen-bond acceptors (Lipinski definition) is 3. The van der Waals surface area contributed by atoms with Crippen LogP contribution >= 0.6 is 11.6 Å². The average Bonchev–Trinajstić information content (AvgIpc) is 2.44. The number of nitrogens with zero attached hydrogens (tertiary/aromatic N) is 2. The molecule has 1 N–H and O–H groups in total. The first-order chi connectivity index (χ1) is 10.2. The van der Waals surface area contributed by atoms with Gasteiger partial charge < -0.3 is 0 Å². The lowest BCUT2D eigenvalue weighted by atomic mass is 10.0. The molecule has 0 aliphatic heterocycles. The van der Waals surface area contributed by atoms with Gasteiger partial charge in [0, 0.05) is 29.5 Å². The summed E-state index contributed by atoms with van der Waals surface area (Å²) in [5.74, 6) is 0. The maximum absolute atomic E-state index is 12.4. The third-order valence-corrected chi connectivity index (χ3v) is 5.38. The second-order valence-electron chi connectivity index (χ2n) is 6.31. The number of aryl methyl sites for hydroxylation is 1. The molecule has 2 rings (SSSR count). The second-order valence-corrected chi connectivity index (χ2v) is 8.70. The van der Waals surface area contributed by atoms with Gasteiger partial charge in [0.15, 0.2) is 0 Å². The Morgan fingerprint density at radius 1 is 1.27 bits per heavy atom. The Bertz CT molecular complexity index is 712. The van der Waals surface area contributed by atoms with E-state index in [2.05, 4.69) is 21.6 Å². The summed E-state index contributed by atoms with van der Waals surface area (Å²) in [7, 11) is -1.15. The molecule has 0 radical (unpaired) electrons. The number of nitrogens with one attached hydrogen (secondary N) is 1. The molecule has 0 aliphatic carbocycles. The molecule has 2 atom stereocenters. The van der Waals surface area contributed by atoms with Crippen LogP contribution in [0.5, 0.6) is 0 Å². The zero-order chi connectivity index (χ0) is 16.5. The molecule has 0 fully saturated rings. The minimum atomic E-state index is -1.15. The van der Waals surface area contributed by atoms with Crippen LogP contribution < -0.4 is 4.72 Å². The standard InChI is InChI=1S/C16H22ClN3OS/c1-6-14(20-22(21)16(3,4)5)13-9-18-10(2)12-8-19-15(17)7-11(12)13/h7-9,14,20H,6H2,1-5H3/t14-,22+/m1/s1. The van der Waals surface area contributed by atoms with Crippen LogP contribution in [0.3, 0.4) is 0 Å². The maximum Gasteiger partial charge on any atom is 0.129 e. The Hall–Kier alpha value is -1.04. The van der Waals surface area contributed by atoms with Crippen LogP contribution in [0.2, 0.25) is 5.15 Å². The lowest BCUT2D eigenvalue weighted by Gasteiger charge is -2.24. The van der Waals surface area contributed by atoms with Crippen LogP contribution in [0.4, 0.5) is 0 Å². The third kappa shape index (κ3) is 3.65. The van der Waals surface area contributed by atoms with Crippen LogP contribution in [0.1, 0.15) is 51.4 Å². The van der Waals surface area contributed by atoms with Gasteiger partial charge in [0.25, 0.3) is 0 Å². The molecule has 0 bridgehead atoms. The zero-order valence-corrected chi connectivity index (χ0v) is 15.2. The van der Waals surface area contributed by atoms with E-state index < -0.39 is 11.0 Å². The quantitative estimate of drug-likeness (QED) is 0.853. The minimum absolute atomic E-state index is 0.0471. The van der Waals surface area contributed by atoms with Crippen LogP contribution in [0, 0.1) is 6.92 Å². The lowest BCUT2D eigenvalue weighted by Crippen LogP contribution is -2.35. The molecular weight excluding hydrogens is 318 g/mol. The van der Waals surface area contributed by atoms with Crippen LogP contribution in [-0.4, -0.2) is 18.9 Å². The summed E-state index contributed by atoms with van der Waals surface area (Å²) < 4.78 is 15.3. The fourth-order valence-electron chi connectivity index (χ4n) is 2.21. The highest BCUT2D eigenvalue weighted by Crippen LogP contribution is 2.29. The monoisotopic (exact) mass is 339 g/mol. The highest BCUT2D eigenvalue weighted by Gasteiger charge is 2.24. The minimum Gasteiger partial charge on any atom is -0.261 e. The Morgan fingerprint density at radius 2 is 1.95 bits per heavy atom. The summed E-state index contributed by atoms with van der Waals surface area (Å²) in [6, 6.07) is 1.81. The van der Waals surface area contributed by atoms with Crippen molar-refractivity contribution in [3.05, 3.63) is 34.9 Å². The van der Waals surface area contributed by atoms with E-state index in [1.165, 1.54) is 0 Å². The number of fused-ring (bicyclic) bond motifs is 1. The predicted octanol–water partition coefficient (Wildman–Crippen LogP) is 4.09. The predicted molar refractivity (Wildman–Crippen MR) is 93.3 cm³/mol. The van der Waals surface area contributed by atoms with Crippen molar-refractivity contribution >= 4 is 33.4 Å². The molecular formula is C16H22ClN3OS. The van der Waals surface area contributed by atoms with Crippen LogP contribution in [-0.2, 0) is 11.0 Å². The van der Waals surface area contributed by atoms with E-state index in [0.29, 0.717) is 5.15 Å². The van der Waals surface area contributed by atoms with Crippen molar-refractivity contribution in [3.63, 3.8) is 0 Å². The van der Waals surface area contributed by atoms with Gasteiger partial charge in [-0.1, -0.05) is 18.5 Å². The molecule has 2 aromatic heterocycles. The number of rotatable bonds is 4. The Balaban J connectivity index is 2.50. The molecule has 0 saturated carbocycles. The van der Waals surface area contributed by atoms with Gasteiger partial charge in [-0.25, -0.2) is 13.9 Å². The summed E-state index contributed by atoms with van der Waals surface area (Å²) in [6.45, 7) is 9.87. The molecule has 0 aliphatic rings. The summed E-state index contributed by atoms with van der Waals surface area (Å²) in [5.41, 5.74) is 1.92. The smallest absolute Gasteiger partial charge is 0.129 e. The van der Waals surface area contributed by atoms with Gasteiger partial charge in [0.1, 0.15) is 5.15 Å². The molecule has 6 heteroatoms. The molecule has 0 unspecified atom stereocenters. The van der Waals surface area contributed by atoms with Crippen molar-refractivity contribution in [2.24, 2.45) is 0 Å². The van der Waals surface area contributed by atoms with Crippen molar-refractivity contribution in [2.75, 3.05) is 0 Å². The van der Waals surface area contributed by atoms with E-state index in [1.807, 2.05) is 40.0 Å². The SMILES string of the molecule is CC[C@@H](N[S@@](=O)C(C)(C)C)c1cnc(C)c2cnc(Cl)cc12. The van der Waals surface area contributed by atoms with Gasteiger partial charge in [-0.2, -0.15) is 0 Å². The van der Waals surface area contributed by atoms with Gasteiger partial charge >= 0.3 is 0 Å². The molecule has 0 amide bonds. The topological polar surface area (TPSA) is 54.9 Å². The molecule has 2 heterocycles. The van der Waals surface area contributed by atoms with E-state index >= 15 is 0 Å². The van der Waals surface area contributed by atoms with Crippen molar-refractivity contribution < 1.29 is 4.21 Å². The fourth-order valence-corrected chi connectivity index (χ4v) is 3.28. The second kappa shape index (κ2) is 6.60. The fraction of sp³-hybridized carbons (Fsp3) is 0.500. The highest BCUT2D eigenvalue weighted by atomic mass is 35.5. The third-order valence-electron chi connectivity index (χ3n) is 3.56. The number of halogens is 1. The van der Waals surface area contributed by atoms with E-state index in [-0.39, 0.29) is 10.8 Å². The van der Waals surface area contributed by atoms with Crippen molar-refractivity contribution in [2.45, 2.75) is 51.8 Å². The molecule has 4 nitrogen and oxygen atoms in total. The molecule has 0 saturated heterocycles. The maximum atomic E-state index is 12.4. The average molecular weight is 340 g/mol. The summed E-state index contributed by atoms with van der Waals surface area (Å²) in [6.07, 6.45) is 4.40. The van der Waals surface area contributed by atoms with Gasteiger partial charge in [-0.15, -0.1) is 0 Å². The van der Waals surface area contributed by atoms with E-state index in [1.54, 1.807) is 6.20 Å². The first kappa shape index (κ1) is 17.3. The molecule has 0 spiro atoms. The normalized spacial score (nSPS) is 15.0. The Kier molecular flexibility index (Phi) is 5.20. The number of pyridine rings is 2. The number of hydrogen-bond donors (Lipinski definition) is 1. The van der Waals surface area contributed by atoms with Gasteiger partial charge in [-0.3, -0.25) is 4.98 Å². The highest BCUT2D eigenvalue weighted by molar-refractivity contribution is 7.84. The first-order valence-electron chi connectivity index (χ1n) is 7.32. The number of aromatic nitrogens is 2. The molecule has 2 aromatic rings. The molecule has 22 heavy (non-hydrogen) atoms. The Labute approximate surface area is 139 Å². The van der Waals surface area contributed by atoms with Crippen molar-refractivity contribution in [1.29, 1.82) is 0 Å². The summed E-state index contributed by atoms with van der Waals surface area (Å²) in [4.78, 5) is 8.59. The van der Waals surface area contributed by atoms with Crippen LogP contribution in [0.15, 0.2) is 18.5 Å². The van der Waals surface area contributed by atoms with E-state index in [0.717, 1.165) is 28.5 Å². The van der Waals surface area contributed by atoms with Gasteiger partial charge in [0.2, 0.25) is 0 Å². The summed E-state index contributed by atoms with van der Waals surface area (Å²) >= 11 is 6.06. The van der Waals surface area contributed by atoms with Crippen LogP contribution in [0.25, 0.3) is 10.8 Å².